The summed E-state index contributed by atoms with van der Waals surface area (Å²) in [7, 11) is 0. The van der Waals surface area contributed by atoms with Crippen molar-refractivity contribution in [3.8, 4) is 0 Å². The predicted octanol–water partition coefficient (Wildman–Crippen LogP) is 4.73. The highest BCUT2D eigenvalue weighted by molar-refractivity contribution is 9.10. The van der Waals surface area contributed by atoms with Gasteiger partial charge in [-0.2, -0.15) is 0 Å². The van der Waals surface area contributed by atoms with Gasteiger partial charge in [-0.25, -0.2) is 9.59 Å². The van der Waals surface area contributed by atoms with Crippen LogP contribution in [0.3, 0.4) is 0 Å². The number of halogens is 1. The van der Waals surface area contributed by atoms with Gasteiger partial charge in [-0.1, -0.05) is 34.1 Å². The Bertz CT molecular complexity index is 950. The summed E-state index contributed by atoms with van der Waals surface area (Å²) in [5.74, 6) is -0.864. The maximum Gasteiger partial charge on any atom is 0.411 e. The zero-order valence-corrected chi connectivity index (χ0v) is 18.3. The third-order valence-electron chi connectivity index (χ3n) is 4.62. The Labute approximate surface area is 178 Å². The van der Waals surface area contributed by atoms with Crippen molar-refractivity contribution in [1.82, 2.24) is 4.90 Å². The fourth-order valence-corrected chi connectivity index (χ4v) is 3.64. The fourth-order valence-electron chi connectivity index (χ4n) is 3.26. The lowest BCUT2D eigenvalue weighted by molar-refractivity contribution is -0.147. The monoisotopic (exact) mass is 461 g/mol. The number of esters is 1. The van der Waals surface area contributed by atoms with Gasteiger partial charge < -0.3 is 9.47 Å². The van der Waals surface area contributed by atoms with Crippen LogP contribution in [0.5, 0.6) is 0 Å². The molecule has 0 spiro atoms. The summed E-state index contributed by atoms with van der Waals surface area (Å²) in [5.41, 5.74) is -0.168. The molecule has 2 aromatic rings. The van der Waals surface area contributed by atoms with Gasteiger partial charge >= 0.3 is 12.1 Å². The molecule has 3 rings (SSSR count). The van der Waals surface area contributed by atoms with E-state index in [1.165, 1.54) is 4.90 Å². The summed E-state index contributed by atoms with van der Waals surface area (Å²) in [6, 6.07) is 10.4. The van der Waals surface area contributed by atoms with Gasteiger partial charge in [0.2, 0.25) is 0 Å². The Kier molecular flexibility index (Phi) is 6.27. The van der Waals surface area contributed by atoms with E-state index in [0.29, 0.717) is 24.9 Å². The molecule has 7 heteroatoms. The Morgan fingerprint density at radius 1 is 1.10 bits per heavy atom. The van der Waals surface area contributed by atoms with E-state index in [1.54, 1.807) is 32.9 Å². The number of hydrogen-bond donors (Lipinski definition) is 0. The lowest BCUT2D eigenvalue weighted by atomic mass is 10.0. The highest BCUT2D eigenvalue weighted by Crippen LogP contribution is 2.23. The van der Waals surface area contributed by atoms with Gasteiger partial charge in [0.05, 0.1) is 0 Å². The zero-order chi connectivity index (χ0) is 21.2. The fraction of sp³-hybridized carbons (Fsp3) is 0.409. The smallest absolute Gasteiger partial charge is 0.411 e. The lowest BCUT2D eigenvalue weighted by Crippen LogP contribution is -2.44. The zero-order valence-electron chi connectivity index (χ0n) is 16.7. The van der Waals surface area contributed by atoms with Crippen LogP contribution in [0.2, 0.25) is 0 Å². The summed E-state index contributed by atoms with van der Waals surface area (Å²) in [6.45, 7) is 5.39. The molecule has 1 amide bonds. The standard InChI is InChI=1S/C22H24BrNO5/c1-22(2,3)29-21(27)24-10-4-5-18(24)20(26)28-13-19(25)16-7-6-15-12-17(23)9-8-14(15)11-16/h6-9,11-12,18H,4-5,10,13H2,1-3H3/t18-/m0/s1. The number of fused-ring (bicyclic) bond motifs is 1. The Hall–Kier alpha value is -2.41. The van der Waals surface area contributed by atoms with Gasteiger partial charge in [-0.15, -0.1) is 0 Å². The normalized spacial score (nSPS) is 16.7. The molecule has 154 valence electrons. The Morgan fingerprint density at radius 3 is 2.52 bits per heavy atom. The average Bonchev–Trinajstić information content (AvgIpc) is 3.14. The van der Waals surface area contributed by atoms with Crippen molar-refractivity contribution in [2.45, 2.75) is 45.3 Å². The maximum atomic E-state index is 12.5. The highest BCUT2D eigenvalue weighted by Gasteiger charge is 2.37. The summed E-state index contributed by atoms with van der Waals surface area (Å²) in [4.78, 5) is 38.7. The second-order valence-corrected chi connectivity index (χ2v) is 8.98. The number of hydrogen-bond acceptors (Lipinski definition) is 5. The van der Waals surface area contributed by atoms with Crippen molar-refractivity contribution in [2.75, 3.05) is 13.2 Å². The van der Waals surface area contributed by atoms with Crippen LogP contribution in [0.1, 0.15) is 44.0 Å². The molecular weight excluding hydrogens is 438 g/mol. The predicted molar refractivity (Wildman–Crippen MR) is 113 cm³/mol. The van der Waals surface area contributed by atoms with E-state index >= 15 is 0 Å². The Balaban J connectivity index is 1.61. The molecular formula is C22H24BrNO5. The van der Waals surface area contributed by atoms with Gasteiger partial charge in [-0.3, -0.25) is 9.69 Å². The van der Waals surface area contributed by atoms with Gasteiger partial charge in [0.15, 0.2) is 12.4 Å². The molecule has 0 aromatic heterocycles. The molecule has 0 radical (unpaired) electrons. The van der Waals surface area contributed by atoms with Crippen molar-refractivity contribution < 1.29 is 23.9 Å². The van der Waals surface area contributed by atoms with Crippen LogP contribution in [-0.2, 0) is 14.3 Å². The van der Waals surface area contributed by atoms with Gasteiger partial charge in [0, 0.05) is 16.6 Å². The van der Waals surface area contributed by atoms with Crippen molar-refractivity contribution >= 4 is 44.5 Å². The minimum atomic E-state index is -0.716. The summed E-state index contributed by atoms with van der Waals surface area (Å²) >= 11 is 3.42. The molecule has 0 saturated carbocycles. The van der Waals surface area contributed by atoms with E-state index in [4.69, 9.17) is 9.47 Å². The number of rotatable bonds is 4. The lowest BCUT2D eigenvalue weighted by Gasteiger charge is -2.27. The first kappa shape index (κ1) is 21.3. The number of benzene rings is 2. The van der Waals surface area contributed by atoms with Crippen LogP contribution in [0.15, 0.2) is 40.9 Å². The topological polar surface area (TPSA) is 72.9 Å². The molecule has 0 bridgehead atoms. The second-order valence-electron chi connectivity index (χ2n) is 8.07. The molecule has 1 fully saturated rings. The van der Waals surface area contributed by atoms with Crippen molar-refractivity contribution in [2.24, 2.45) is 0 Å². The first-order chi connectivity index (χ1) is 13.6. The van der Waals surface area contributed by atoms with Gasteiger partial charge in [0.25, 0.3) is 0 Å². The van der Waals surface area contributed by atoms with E-state index in [0.717, 1.165) is 15.2 Å². The quantitative estimate of drug-likeness (QED) is 0.486. The van der Waals surface area contributed by atoms with Crippen LogP contribution >= 0.6 is 15.9 Å². The third kappa shape index (κ3) is 5.35. The SMILES string of the molecule is CC(C)(C)OC(=O)N1CCC[C@H]1C(=O)OCC(=O)c1ccc2cc(Br)ccc2c1. The number of Topliss-reactive ketones (excluding diaryl/α,β-unsaturated/α-hetero) is 1. The van der Waals surface area contributed by atoms with Crippen LogP contribution in [-0.4, -0.2) is 47.5 Å². The Morgan fingerprint density at radius 2 is 1.79 bits per heavy atom. The third-order valence-corrected chi connectivity index (χ3v) is 5.12. The molecule has 0 aliphatic carbocycles. The minimum Gasteiger partial charge on any atom is -0.456 e. The van der Waals surface area contributed by atoms with Crippen LogP contribution in [0.25, 0.3) is 10.8 Å². The van der Waals surface area contributed by atoms with E-state index in [2.05, 4.69) is 15.9 Å². The number of amides is 1. The van der Waals surface area contributed by atoms with E-state index in [-0.39, 0.29) is 12.4 Å². The molecule has 1 aliphatic rings. The van der Waals surface area contributed by atoms with E-state index < -0.39 is 23.7 Å². The molecule has 1 saturated heterocycles. The van der Waals surface area contributed by atoms with E-state index in [9.17, 15) is 14.4 Å². The number of ether oxygens (including phenoxy) is 2. The number of carbonyl (C=O) groups is 3. The van der Waals surface area contributed by atoms with Crippen LogP contribution in [0.4, 0.5) is 4.79 Å². The summed E-state index contributed by atoms with van der Waals surface area (Å²) in [5, 5.41) is 1.93. The van der Waals surface area contributed by atoms with E-state index in [1.807, 2.05) is 24.3 Å². The molecule has 0 unspecified atom stereocenters. The number of likely N-dealkylation sites (tertiary alicyclic amines) is 1. The maximum absolute atomic E-state index is 12.5. The first-order valence-corrected chi connectivity index (χ1v) is 10.3. The first-order valence-electron chi connectivity index (χ1n) is 9.53. The van der Waals surface area contributed by atoms with Crippen molar-refractivity contribution in [3.63, 3.8) is 0 Å². The number of carbonyl (C=O) groups excluding carboxylic acids is 3. The highest BCUT2D eigenvalue weighted by atomic mass is 79.9. The second kappa shape index (κ2) is 8.53. The average molecular weight is 462 g/mol. The number of ketones is 1. The molecule has 2 aromatic carbocycles. The van der Waals surface area contributed by atoms with Crippen LogP contribution < -0.4 is 0 Å². The molecule has 6 nitrogen and oxygen atoms in total. The largest absolute Gasteiger partial charge is 0.456 e. The molecule has 29 heavy (non-hydrogen) atoms. The summed E-state index contributed by atoms with van der Waals surface area (Å²) in [6.07, 6.45) is 0.647. The molecule has 1 heterocycles. The molecule has 0 N–H and O–H groups in total. The summed E-state index contributed by atoms with van der Waals surface area (Å²) < 4.78 is 11.6. The van der Waals surface area contributed by atoms with Crippen molar-refractivity contribution in [3.05, 3.63) is 46.4 Å². The molecule has 1 aliphatic heterocycles. The number of nitrogens with zero attached hydrogens (tertiary/aromatic N) is 1. The van der Waals surface area contributed by atoms with Gasteiger partial charge in [-0.05, 0) is 62.6 Å². The minimum absolute atomic E-state index is 0.287. The van der Waals surface area contributed by atoms with Crippen molar-refractivity contribution in [1.29, 1.82) is 0 Å². The molecule has 1 atom stereocenters. The van der Waals surface area contributed by atoms with Crippen LogP contribution in [0, 0.1) is 0 Å². The van der Waals surface area contributed by atoms with Gasteiger partial charge in [0.1, 0.15) is 11.6 Å².